The number of unbranched alkanes of at least 4 members (excludes halogenated alkanes) is 1. The van der Waals surface area contributed by atoms with Crippen molar-refractivity contribution in [3.05, 3.63) is 30.0 Å². The number of carbonyl (C=O) groups is 1. The fourth-order valence-electron chi connectivity index (χ4n) is 2.06. The Bertz CT molecular complexity index is 556. The molecule has 0 aliphatic carbocycles. The second-order valence-electron chi connectivity index (χ2n) is 4.42. The summed E-state index contributed by atoms with van der Waals surface area (Å²) >= 11 is 0. The quantitative estimate of drug-likeness (QED) is 0.774. The fourth-order valence-corrected chi connectivity index (χ4v) is 2.06. The van der Waals surface area contributed by atoms with Crippen LogP contribution in [0.2, 0.25) is 0 Å². The number of benzene rings is 1. The number of aliphatic carboxylic acids is 1. The largest absolute Gasteiger partial charge is 0.490 e. The molecule has 0 bridgehead atoms. The van der Waals surface area contributed by atoms with Gasteiger partial charge in [-0.3, -0.25) is 4.79 Å². The molecule has 4 heteroatoms. The molecule has 0 radical (unpaired) electrons. The van der Waals surface area contributed by atoms with Crippen molar-refractivity contribution in [2.45, 2.75) is 32.6 Å². The minimum Gasteiger partial charge on any atom is -0.490 e. The molecule has 0 atom stereocenters. The van der Waals surface area contributed by atoms with E-state index < -0.39 is 5.97 Å². The molecular weight excluding hydrogens is 244 g/mol. The lowest BCUT2D eigenvalue weighted by molar-refractivity contribution is -0.137. The van der Waals surface area contributed by atoms with Crippen LogP contribution in [0.25, 0.3) is 11.0 Å². The van der Waals surface area contributed by atoms with Gasteiger partial charge >= 0.3 is 5.97 Å². The van der Waals surface area contributed by atoms with Crippen molar-refractivity contribution < 1.29 is 19.1 Å². The molecule has 0 spiro atoms. The van der Waals surface area contributed by atoms with Gasteiger partial charge in [-0.2, -0.15) is 0 Å². The molecule has 0 fully saturated rings. The minimum absolute atomic E-state index is 0.213. The van der Waals surface area contributed by atoms with Crippen LogP contribution in [0.1, 0.15) is 31.9 Å². The highest BCUT2D eigenvalue weighted by Gasteiger charge is 2.09. The summed E-state index contributed by atoms with van der Waals surface area (Å²) in [5.41, 5.74) is 0.776. The number of carboxylic acids is 1. The first kappa shape index (κ1) is 13.5. The molecule has 4 nitrogen and oxygen atoms in total. The maximum absolute atomic E-state index is 10.4. The summed E-state index contributed by atoms with van der Waals surface area (Å²) in [6.45, 7) is 2.54. The average molecular weight is 262 g/mol. The van der Waals surface area contributed by atoms with Gasteiger partial charge in [0.1, 0.15) is 5.76 Å². The molecule has 0 unspecified atom stereocenters. The van der Waals surface area contributed by atoms with Gasteiger partial charge in [0.25, 0.3) is 0 Å². The molecule has 1 N–H and O–H groups in total. The van der Waals surface area contributed by atoms with Crippen LogP contribution >= 0.6 is 0 Å². The third-order valence-electron chi connectivity index (χ3n) is 2.92. The van der Waals surface area contributed by atoms with Crippen LogP contribution in [-0.2, 0) is 11.2 Å². The standard InChI is InChI=1S/C15H18O4/c1-2-18-13-8-5-6-11-10-12(19-15(11)13)7-3-4-9-14(16)17/h5-6,8,10H,2-4,7,9H2,1H3,(H,16,17). The first-order valence-corrected chi connectivity index (χ1v) is 6.56. The van der Waals surface area contributed by atoms with Crippen molar-refractivity contribution in [2.24, 2.45) is 0 Å². The number of para-hydroxylation sites is 1. The Morgan fingerprint density at radius 3 is 2.95 bits per heavy atom. The Balaban J connectivity index is 2.04. The monoisotopic (exact) mass is 262 g/mol. The van der Waals surface area contributed by atoms with E-state index in [0.29, 0.717) is 13.0 Å². The zero-order valence-corrected chi connectivity index (χ0v) is 11.0. The van der Waals surface area contributed by atoms with E-state index in [2.05, 4.69) is 0 Å². The smallest absolute Gasteiger partial charge is 0.303 e. The summed E-state index contributed by atoms with van der Waals surface area (Å²) in [6.07, 6.45) is 2.46. The molecule has 0 amide bonds. The molecule has 0 aliphatic rings. The van der Waals surface area contributed by atoms with Crippen LogP contribution in [0.4, 0.5) is 0 Å². The molecular formula is C15H18O4. The van der Waals surface area contributed by atoms with Crippen molar-refractivity contribution in [3.8, 4) is 5.75 Å². The van der Waals surface area contributed by atoms with Crippen LogP contribution in [0.15, 0.2) is 28.7 Å². The Labute approximate surface area is 112 Å². The van der Waals surface area contributed by atoms with E-state index >= 15 is 0 Å². The van der Waals surface area contributed by atoms with Crippen LogP contribution in [0.5, 0.6) is 5.75 Å². The third kappa shape index (κ3) is 3.50. The molecule has 0 aliphatic heterocycles. The number of rotatable bonds is 7. The Morgan fingerprint density at radius 1 is 1.37 bits per heavy atom. The fraction of sp³-hybridized carbons (Fsp3) is 0.400. The Morgan fingerprint density at radius 2 is 2.21 bits per heavy atom. The normalized spacial score (nSPS) is 10.8. The van der Waals surface area contributed by atoms with E-state index in [1.54, 1.807) is 0 Å². The number of ether oxygens (including phenoxy) is 1. The second-order valence-corrected chi connectivity index (χ2v) is 4.42. The van der Waals surface area contributed by atoms with Gasteiger partial charge < -0.3 is 14.3 Å². The van der Waals surface area contributed by atoms with Crippen LogP contribution in [0.3, 0.4) is 0 Å². The molecule has 1 aromatic carbocycles. The molecule has 0 saturated carbocycles. The van der Waals surface area contributed by atoms with Crippen LogP contribution in [0, 0.1) is 0 Å². The van der Waals surface area contributed by atoms with Gasteiger partial charge in [-0.25, -0.2) is 0 Å². The summed E-state index contributed by atoms with van der Waals surface area (Å²) in [7, 11) is 0. The SMILES string of the molecule is CCOc1cccc2cc(CCCCC(=O)O)oc12. The average Bonchev–Trinajstić information content (AvgIpc) is 2.79. The maximum Gasteiger partial charge on any atom is 0.303 e. The van der Waals surface area contributed by atoms with E-state index in [1.807, 2.05) is 31.2 Å². The van der Waals surface area contributed by atoms with E-state index in [4.69, 9.17) is 14.3 Å². The van der Waals surface area contributed by atoms with E-state index in [1.165, 1.54) is 0 Å². The predicted molar refractivity (Wildman–Crippen MR) is 72.6 cm³/mol. The molecule has 1 aromatic heterocycles. The Hall–Kier alpha value is -1.97. The van der Waals surface area contributed by atoms with Crippen molar-refractivity contribution in [3.63, 3.8) is 0 Å². The van der Waals surface area contributed by atoms with Gasteiger partial charge in [0, 0.05) is 18.2 Å². The minimum atomic E-state index is -0.747. The highest BCUT2D eigenvalue weighted by Crippen LogP contribution is 2.29. The number of hydrogen-bond donors (Lipinski definition) is 1. The van der Waals surface area contributed by atoms with E-state index in [9.17, 15) is 4.79 Å². The molecule has 1 heterocycles. The molecule has 102 valence electrons. The highest BCUT2D eigenvalue weighted by molar-refractivity contribution is 5.83. The number of carboxylic acid groups (broad SMARTS) is 1. The zero-order valence-electron chi connectivity index (χ0n) is 11.0. The first-order chi connectivity index (χ1) is 9.20. The lowest BCUT2D eigenvalue weighted by atomic mass is 10.1. The summed E-state index contributed by atoms with van der Waals surface area (Å²) in [4.78, 5) is 10.4. The van der Waals surface area contributed by atoms with Gasteiger partial charge in [0.05, 0.1) is 6.61 Å². The highest BCUT2D eigenvalue weighted by atomic mass is 16.5. The number of aryl methyl sites for hydroxylation is 1. The summed E-state index contributed by atoms with van der Waals surface area (Å²) in [5.74, 6) is 0.896. The van der Waals surface area contributed by atoms with E-state index in [-0.39, 0.29) is 6.42 Å². The zero-order chi connectivity index (χ0) is 13.7. The number of hydrogen-bond acceptors (Lipinski definition) is 3. The lowest BCUT2D eigenvalue weighted by Crippen LogP contribution is -1.94. The number of fused-ring (bicyclic) bond motifs is 1. The van der Waals surface area contributed by atoms with Crippen LogP contribution < -0.4 is 4.74 Å². The van der Waals surface area contributed by atoms with Crippen molar-refractivity contribution in [2.75, 3.05) is 6.61 Å². The van der Waals surface area contributed by atoms with Crippen molar-refractivity contribution in [1.82, 2.24) is 0 Å². The summed E-state index contributed by atoms with van der Waals surface area (Å²) < 4.78 is 11.3. The second kappa shape index (κ2) is 6.27. The van der Waals surface area contributed by atoms with Gasteiger partial charge in [-0.05, 0) is 31.9 Å². The van der Waals surface area contributed by atoms with Gasteiger partial charge in [0.2, 0.25) is 0 Å². The topological polar surface area (TPSA) is 59.7 Å². The maximum atomic E-state index is 10.4. The Kier molecular flexibility index (Phi) is 4.44. The molecule has 0 saturated heterocycles. The number of furan rings is 1. The predicted octanol–water partition coefficient (Wildman–Crippen LogP) is 3.63. The van der Waals surface area contributed by atoms with Gasteiger partial charge in [-0.1, -0.05) is 12.1 Å². The third-order valence-corrected chi connectivity index (χ3v) is 2.92. The lowest BCUT2D eigenvalue weighted by Gasteiger charge is -2.02. The summed E-state index contributed by atoms with van der Waals surface area (Å²) in [6, 6.07) is 7.82. The molecule has 2 rings (SSSR count). The summed E-state index contributed by atoms with van der Waals surface area (Å²) in [5, 5.41) is 9.61. The molecule has 19 heavy (non-hydrogen) atoms. The van der Waals surface area contributed by atoms with Crippen molar-refractivity contribution in [1.29, 1.82) is 0 Å². The van der Waals surface area contributed by atoms with Crippen molar-refractivity contribution >= 4 is 16.9 Å². The van der Waals surface area contributed by atoms with Gasteiger partial charge in [-0.15, -0.1) is 0 Å². The van der Waals surface area contributed by atoms with Gasteiger partial charge in [0.15, 0.2) is 11.3 Å². The molecule has 2 aromatic rings. The first-order valence-electron chi connectivity index (χ1n) is 6.56. The van der Waals surface area contributed by atoms with E-state index in [0.717, 1.165) is 35.3 Å². The van der Waals surface area contributed by atoms with Crippen LogP contribution in [-0.4, -0.2) is 17.7 Å².